The molecule has 2 heterocycles. The molecule has 0 radical (unpaired) electrons. The Bertz CT molecular complexity index is 1170. The molecule has 1 aromatic heterocycles. The first-order chi connectivity index (χ1) is 15.8. The van der Waals surface area contributed by atoms with Gasteiger partial charge < -0.3 is 14.7 Å². The summed E-state index contributed by atoms with van der Waals surface area (Å²) in [5.74, 6) is -1.15. The Morgan fingerprint density at radius 1 is 1.12 bits per heavy atom. The van der Waals surface area contributed by atoms with E-state index in [1.807, 2.05) is 13.8 Å². The summed E-state index contributed by atoms with van der Waals surface area (Å²) in [6.07, 6.45) is 0.459. The van der Waals surface area contributed by atoms with Gasteiger partial charge >= 0.3 is 0 Å². The number of rotatable bonds is 8. The van der Waals surface area contributed by atoms with Crippen LogP contribution in [0.15, 0.2) is 77.4 Å². The van der Waals surface area contributed by atoms with E-state index in [4.69, 9.17) is 4.74 Å². The number of aliphatic hydroxyl groups excluding tert-OH is 1. The molecule has 1 N–H and O–H groups in total. The normalized spacial score (nSPS) is 16.1. The molecule has 0 bridgehead atoms. The van der Waals surface area contributed by atoms with E-state index in [1.54, 1.807) is 53.9 Å². The van der Waals surface area contributed by atoms with Crippen molar-refractivity contribution in [2.45, 2.75) is 32.4 Å². The van der Waals surface area contributed by atoms with E-state index in [9.17, 15) is 19.1 Å². The molecular formula is C26H24FNO4S. The second-order valence-corrected chi connectivity index (χ2v) is 9.03. The molecule has 2 aromatic carbocycles. The van der Waals surface area contributed by atoms with Gasteiger partial charge in [0.25, 0.3) is 5.91 Å². The second-order valence-electron chi connectivity index (χ2n) is 8.08. The van der Waals surface area contributed by atoms with Crippen molar-refractivity contribution in [1.29, 1.82) is 0 Å². The maximum atomic E-state index is 13.3. The highest BCUT2D eigenvalue weighted by Crippen LogP contribution is 2.40. The van der Waals surface area contributed by atoms with Crippen molar-refractivity contribution in [3.8, 4) is 5.75 Å². The van der Waals surface area contributed by atoms with Crippen molar-refractivity contribution in [3.63, 3.8) is 0 Å². The Kier molecular flexibility index (Phi) is 6.60. The predicted molar refractivity (Wildman–Crippen MR) is 125 cm³/mol. The zero-order valence-corrected chi connectivity index (χ0v) is 19.1. The van der Waals surface area contributed by atoms with Crippen molar-refractivity contribution < 1.29 is 23.8 Å². The van der Waals surface area contributed by atoms with Crippen LogP contribution in [0.4, 0.5) is 4.39 Å². The summed E-state index contributed by atoms with van der Waals surface area (Å²) < 4.78 is 19.0. The fourth-order valence-electron chi connectivity index (χ4n) is 3.90. The molecule has 1 atom stereocenters. The first-order valence-electron chi connectivity index (χ1n) is 10.7. The maximum absolute atomic E-state index is 13.3. The molecule has 5 nitrogen and oxygen atoms in total. The average Bonchev–Trinajstić information content (AvgIpc) is 3.41. The van der Waals surface area contributed by atoms with Gasteiger partial charge in [0.2, 0.25) is 5.78 Å². The molecule has 33 heavy (non-hydrogen) atoms. The van der Waals surface area contributed by atoms with Crippen molar-refractivity contribution in [2.75, 3.05) is 6.54 Å². The Labute approximate surface area is 195 Å². The smallest absolute Gasteiger partial charge is 0.290 e. The fraction of sp³-hybridized carbons (Fsp3) is 0.231. The number of benzene rings is 2. The van der Waals surface area contributed by atoms with Crippen LogP contribution in [0.2, 0.25) is 0 Å². The van der Waals surface area contributed by atoms with Crippen LogP contribution in [0, 0.1) is 5.82 Å². The van der Waals surface area contributed by atoms with Crippen molar-refractivity contribution in [1.82, 2.24) is 4.90 Å². The molecule has 1 amide bonds. The van der Waals surface area contributed by atoms with Crippen molar-refractivity contribution in [2.24, 2.45) is 0 Å². The summed E-state index contributed by atoms with van der Waals surface area (Å²) in [5.41, 5.74) is 1.61. The molecule has 1 aliphatic heterocycles. The molecule has 1 aliphatic rings. The van der Waals surface area contributed by atoms with Gasteiger partial charge in [-0.05, 0) is 67.1 Å². The average molecular weight is 466 g/mol. The number of ketones is 1. The first kappa shape index (κ1) is 22.7. The van der Waals surface area contributed by atoms with Gasteiger partial charge in [-0.3, -0.25) is 9.59 Å². The van der Waals surface area contributed by atoms with E-state index >= 15 is 0 Å². The third kappa shape index (κ3) is 4.83. The quantitative estimate of drug-likeness (QED) is 0.447. The highest BCUT2D eigenvalue weighted by Gasteiger charge is 2.43. The Balaban J connectivity index is 1.68. The van der Waals surface area contributed by atoms with Gasteiger partial charge in [0.1, 0.15) is 11.6 Å². The van der Waals surface area contributed by atoms with Crippen molar-refractivity contribution in [3.05, 3.63) is 99.2 Å². The van der Waals surface area contributed by atoms with Gasteiger partial charge in [-0.2, -0.15) is 0 Å². The van der Waals surface area contributed by atoms with Crippen LogP contribution < -0.4 is 4.74 Å². The molecule has 170 valence electrons. The minimum atomic E-state index is -0.736. The Morgan fingerprint density at radius 3 is 2.42 bits per heavy atom. The lowest BCUT2D eigenvalue weighted by Crippen LogP contribution is -2.33. The number of hydrogen-bond acceptors (Lipinski definition) is 5. The maximum Gasteiger partial charge on any atom is 0.290 e. The van der Waals surface area contributed by atoms with Crippen LogP contribution in [0.5, 0.6) is 5.75 Å². The van der Waals surface area contributed by atoms with Crippen LogP contribution in [0.1, 0.15) is 40.7 Å². The minimum absolute atomic E-state index is 0.0102. The Hall–Kier alpha value is -3.45. The summed E-state index contributed by atoms with van der Waals surface area (Å²) in [6, 6.07) is 16.0. The molecule has 3 aromatic rings. The summed E-state index contributed by atoms with van der Waals surface area (Å²) in [4.78, 5) is 28.3. The lowest BCUT2D eigenvalue weighted by molar-refractivity contribution is -0.129. The van der Waals surface area contributed by atoms with Crippen molar-refractivity contribution >= 4 is 23.0 Å². The third-order valence-electron chi connectivity index (χ3n) is 5.42. The lowest BCUT2D eigenvalue weighted by atomic mass is 9.95. The van der Waals surface area contributed by atoms with Gasteiger partial charge in [-0.15, -0.1) is 11.3 Å². The van der Waals surface area contributed by atoms with E-state index in [2.05, 4.69) is 0 Å². The standard InChI is InChI=1S/C26H24FNO4S/c1-16(2)32-20-11-7-18(8-12-20)23-22(24(29)21-4-3-15-33-21)25(30)26(31)28(23)14-13-17-5-9-19(27)10-6-17/h3-12,15-16,23,30H,13-14H2,1-2H3. The first-order valence-corrected chi connectivity index (χ1v) is 11.6. The second kappa shape index (κ2) is 9.58. The molecule has 0 aliphatic carbocycles. The predicted octanol–water partition coefficient (Wildman–Crippen LogP) is 5.50. The van der Waals surface area contributed by atoms with Crippen LogP contribution >= 0.6 is 11.3 Å². The highest BCUT2D eigenvalue weighted by molar-refractivity contribution is 7.12. The van der Waals surface area contributed by atoms with E-state index in [0.717, 1.165) is 5.56 Å². The van der Waals surface area contributed by atoms with E-state index < -0.39 is 17.7 Å². The number of ether oxygens (including phenoxy) is 1. The zero-order chi connectivity index (χ0) is 23.5. The molecular weight excluding hydrogens is 441 g/mol. The third-order valence-corrected chi connectivity index (χ3v) is 6.28. The van der Waals surface area contributed by atoms with Gasteiger partial charge in [0.05, 0.1) is 22.6 Å². The number of Topliss-reactive ketones (excluding diaryl/α,β-unsaturated/α-hetero) is 1. The molecule has 7 heteroatoms. The van der Waals surface area contributed by atoms with Gasteiger partial charge in [-0.25, -0.2) is 4.39 Å². The van der Waals surface area contributed by atoms with E-state index in [1.165, 1.54) is 28.4 Å². The number of thiophene rings is 1. The molecule has 0 saturated heterocycles. The molecule has 4 rings (SSSR count). The number of hydrogen-bond donors (Lipinski definition) is 1. The molecule has 0 spiro atoms. The van der Waals surface area contributed by atoms with E-state index in [0.29, 0.717) is 22.6 Å². The SMILES string of the molecule is CC(C)Oc1ccc(C2C(C(=O)c3cccs3)=C(O)C(=O)N2CCc2ccc(F)cc2)cc1. The molecule has 1 unspecified atom stereocenters. The van der Waals surface area contributed by atoms with Crippen LogP contribution in [-0.2, 0) is 11.2 Å². The number of halogens is 1. The minimum Gasteiger partial charge on any atom is -0.503 e. The number of nitrogens with zero attached hydrogens (tertiary/aromatic N) is 1. The molecule has 0 fully saturated rings. The van der Waals surface area contributed by atoms with Crippen LogP contribution in [0.25, 0.3) is 0 Å². The lowest BCUT2D eigenvalue weighted by Gasteiger charge is -2.27. The summed E-state index contributed by atoms with van der Waals surface area (Å²) in [7, 11) is 0. The Morgan fingerprint density at radius 2 is 1.82 bits per heavy atom. The molecule has 0 saturated carbocycles. The van der Waals surface area contributed by atoms with Gasteiger partial charge in [0.15, 0.2) is 5.76 Å². The largest absolute Gasteiger partial charge is 0.503 e. The number of carbonyl (C=O) groups is 2. The van der Waals surface area contributed by atoms with Crippen LogP contribution in [0.3, 0.4) is 0 Å². The summed E-state index contributed by atoms with van der Waals surface area (Å²) in [5, 5.41) is 12.5. The highest BCUT2D eigenvalue weighted by atomic mass is 32.1. The number of aliphatic hydroxyl groups is 1. The topological polar surface area (TPSA) is 66.8 Å². The van der Waals surface area contributed by atoms with Gasteiger partial charge in [0, 0.05) is 6.54 Å². The fourth-order valence-corrected chi connectivity index (χ4v) is 4.58. The summed E-state index contributed by atoms with van der Waals surface area (Å²) >= 11 is 1.26. The number of amides is 1. The number of carbonyl (C=O) groups excluding carboxylic acids is 2. The summed E-state index contributed by atoms with van der Waals surface area (Å²) in [6.45, 7) is 4.11. The van der Waals surface area contributed by atoms with E-state index in [-0.39, 0.29) is 29.8 Å². The monoisotopic (exact) mass is 465 g/mol. The van der Waals surface area contributed by atoms with Gasteiger partial charge in [-0.1, -0.05) is 30.3 Å². The van der Waals surface area contributed by atoms with Crippen LogP contribution in [-0.4, -0.2) is 34.3 Å². The zero-order valence-electron chi connectivity index (χ0n) is 18.3.